The first-order chi connectivity index (χ1) is 11.5. The standard InChI is InChI=1S/C18H18Cl2N2OS/c1-11-4-3-5-12(2)16(11)21-18(23)22-8-9-24-17(22)14-7-6-13(19)10-15(14)20/h3-7,10,17H,8-9H2,1-2H3,(H,21,23)/t17-/m1/s1. The normalized spacial score (nSPS) is 17.2. The minimum Gasteiger partial charge on any atom is -0.308 e. The first-order valence-electron chi connectivity index (χ1n) is 7.68. The van der Waals surface area contributed by atoms with E-state index in [0.717, 1.165) is 28.1 Å². The summed E-state index contributed by atoms with van der Waals surface area (Å²) in [6.07, 6.45) is 0. The number of thioether (sulfide) groups is 1. The Morgan fingerprint density at radius 3 is 2.58 bits per heavy atom. The van der Waals surface area contributed by atoms with Crippen molar-refractivity contribution in [3.05, 3.63) is 63.1 Å². The van der Waals surface area contributed by atoms with E-state index in [0.29, 0.717) is 16.6 Å². The molecular formula is C18H18Cl2N2OS. The highest BCUT2D eigenvalue weighted by Crippen LogP contribution is 2.41. The molecule has 24 heavy (non-hydrogen) atoms. The fourth-order valence-electron chi connectivity index (χ4n) is 2.83. The SMILES string of the molecule is Cc1cccc(C)c1NC(=O)N1CCS[C@@H]1c1ccc(Cl)cc1Cl. The van der Waals surface area contributed by atoms with E-state index < -0.39 is 0 Å². The zero-order chi connectivity index (χ0) is 17.3. The van der Waals surface area contributed by atoms with E-state index in [1.54, 1.807) is 17.8 Å². The van der Waals surface area contributed by atoms with Crippen LogP contribution in [0.15, 0.2) is 36.4 Å². The average molecular weight is 381 g/mol. The molecule has 126 valence electrons. The number of nitrogens with one attached hydrogen (secondary N) is 1. The van der Waals surface area contributed by atoms with Crippen LogP contribution in [0.5, 0.6) is 0 Å². The second-order valence-corrected chi connectivity index (χ2v) is 7.81. The Balaban J connectivity index is 1.84. The Morgan fingerprint density at radius 2 is 1.92 bits per heavy atom. The highest BCUT2D eigenvalue weighted by Gasteiger charge is 2.32. The van der Waals surface area contributed by atoms with E-state index in [2.05, 4.69) is 5.32 Å². The summed E-state index contributed by atoms with van der Waals surface area (Å²) >= 11 is 14.0. The molecule has 3 nitrogen and oxygen atoms in total. The summed E-state index contributed by atoms with van der Waals surface area (Å²) in [5.74, 6) is 0.879. The quantitative estimate of drug-likeness (QED) is 0.704. The molecule has 1 fully saturated rings. The third-order valence-corrected chi connectivity index (χ3v) is 5.90. The number of nitrogens with zero attached hydrogens (tertiary/aromatic N) is 1. The summed E-state index contributed by atoms with van der Waals surface area (Å²) in [6.45, 7) is 4.68. The number of aryl methyl sites for hydroxylation is 2. The van der Waals surface area contributed by atoms with Gasteiger partial charge in [-0.25, -0.2) is 4.79 Å². The van der Waals surface area contributed by atoms with Crippen molar-refractivity contribution in [3.8, 4) is 0 Å². The average Bonchev–Trinajstić information content (AvgIpc) is 3.00. The molecule has 1 N–H and O–H groups in total. The maximum Gasteiger partial charge on any atom is 0.323 e. The van der Waals surface area contributed by atoms with Gasteiger partial charge in [0.1, 0.15) is 5.37 Å². The number of para-hydroxylation sites is 1. The Morgan fingerprint density at radius 1 is 1.21 bits per heavy atom. The van der Waals surface area contributed by atoms with E-state index >= 15 is 0 Å². The Hall–Kier alpha value is -1.36. The first kappa shape index (κ1) is 17.5. The van der Waals surface area contributed by atoms with Crippen molar-refractivity contribution in [3.63, 3.8) is 0 Å². The second-order valence-electron chi connectivity index (χ2n) is 5.78. The number of rotatable bonds is 2. The molecule has 0 spiro atoms. The van der Waals surface area contributed by atoms with Crippen LogP contribution in [0.1, 0.15) is 22.1 Å². The van der Waals surface area contributed by atoms with Gasteiger partial charge in [0.25, 0.3) is 0 Å². The lowest BCUT2D eigenvalue weighted by Crippen LogP contribution is -2.34. The lowest BCUT2D eigenvalue weighted by molar-refractivity contribution is 0.214. The van der Waals surface area contributed by atoms with Crippen LogP contribution in [0.4, 0.5) is 10.5 Å². The third-order valence-electron chi connectivity index (χ3n) is 4.09. The van der Waals surface area contributed by atoms with Gasteiger partial charge >= 0.3 is 6.03 Å². The van der Waals surface area contributed by atoms with Gasteiger partial charge in [-0.15, -0.1) is 11.8 Å². The molecule has 2 amide bonds. The van der Waals surface area contributed by atoms with Crippen molar-refractivity contribution in [2.45, 2.75) is 19.2 Å². The van der Waals surface area contributed by atoms with Gasteiger partial charge in [0, 0.05) is 33.6 Å². The summed E-state index contributed by atoms with van der Waals surface area (Å²) in [4.78, 5) is 14.6. The summed E-state index contributed by atoms with van der Waals surface area (Å²) in [6, 6.07) is 11.3. The second kappa shape index (κ2) is 7.26. The maximum absolute atomic E-state index is 12.8. The van der Waals surface area contributed by atoms with Crippen LogP contribution in [0.25, 0.3) is 0 Å². The van der Waals surface area contributed by atoms with Crippen LogP contribution in [0.2, 0.25) is 10.0 Å². The van der Waals surface area contributed by atoms with Crippen LogP contribution < -0.4 is 5.32 Å². The van der Waals surface area contributed by atoms with Gasteiger partial charge < -0.3 is 10.2 Å². The summed E-state index contributed by atoms with van der Waals surface area (Å²) in [7, 11) is 0. The molecule has 0 unspecified atom stereocenters. The smallest absolute Gasteiger partial charge is 0.308 e. The van der Waals surface area contributed by atoms with Crippen LogP contribution in [-0.4, -0.2) is 23.2 Å². The van der Waals surface area contributed by atoms with E-state index in [4.69, 9.17) is 23.2 Å². The van der Waals surface area contributed by atoms with Crippen LogP contribution >= 0.6 is 35.0 Å². The molecule has 1 aliphatic heterocycles. The molecule has 1 heterocycles. The van der Waals surface area contributed by atoms with Gasteiger partial charge in [-0.05, 0) is 37.1 Å². The fraction of sp³-hybridized carbons (Fsp3) is 0.278. The molecule has 0 saturated carbocycles. The highest BCUT2D eigenvalue weighted by atomic mass is 35.5. The monoisotopic (exact) mass is 380 g/mol. The third kappa shape index (κ3) is 3.51. The zero-order valence-corrected chi connectivity index (χ0v) is 15.8. The van der Waals surface area contributed by atoms with E-state index in [9.17, 15) is 4.79 Å². The number of halogens is 2. The molecule has 3 rings (SSSR count). The fourth-order valence-corrected chi connectivity index (χ4v) is 4.70. The molecule has 0 aliphatic carbocycles. The lowest BCUT2D eigenvalue weighted by atomic mass is 10.1. The summed E-state index contributed by atoms with van der Waals surface area (Å²) in [5.41, 5.74) is 3.90. The predicted molar refractivity (Wildman–Crippen MR) is 103 cm³/mol. The summed E-state index contributed by atoms with van der Waals surface area (Å²) in [5, 5.41) is 4.14. The van der Waals surface area contributed by atoms with Crippen molar-refractivity contribution in [1.82, 2.24) is 4.90 Å². The number of carbonyl (C=O) groups is 1. The van der Waals surface area contributed by atoms with Crippen molar-refractivity contribution in [2.75, 3.05) is 17.6 Å². The molecular weight excluding hydrogens is 363 g/mol. The molecule has 1 atom stereocenters. The van der Waals surface area contributed by atoms with Crippen molar-refractivity contribution >= 4 is 46.7 Å². The van der Waals surface area contributed by atoms with E-state index in [-0.39, 0.29) is 11.4 Å². The van der Waals surface area contributed by atoms with Gasteiger partial charge in [-0.1, -0.05) is 47.5 Å². The lowest BCUT2D eigenvalue weighted by Gasteiger charge is -2.26. The van der Waals surface area contributed by atoms with Crippen molar-refractivity contribution in [2.24, 2.45) is 0 Å². The number of amides is 2. The highest BCUT2D eigenvalue weighted by molar-refractivity contribution is 7.99. The first-order valence-corrected chi connectivity index (χ1v) is 9.48. The number of hydrogen-bond acceptors (Lipinski definition) is 2. The maximum atomic E-state index is 12.8. The van der Waals surface area contributed by atoms with Crippen molar-refractivity contribution < 1.29 is 4.79 Å². The van der Waals surface area contributed by atoms with Crippen LogP contribution in [-0.2, 0) is 0 Å². The number of benzene rings is 2. The van der Waals surface area contributed by atoms with Gasteiger partial charge in [0.2, 0.25) is 0 Å². The van der Waals surface area contributed by atoms with Gasteiger partial charge in [0.05, 0.1) is 0 Å². The van der Waals surface area contributed by atoms with E-state index in [1.165, 1.54) is 0 Å². The Bertz CT molecular complexity index is 761. The van der Waals surface area contributed by atoms with Crippen LogP contribution in [0, 0.1) is 13.8 Å². The topological polar surface area (TPSA) is 32.3 Å². The predicted octanol–water partition coefficient (Wildman–Crippen LogP) is 5.89. The molecule has 1 aliphatic rings. The zero-order valence-electron chi connectivity index (χ0n) is 13.5. The molecule has 0 radical (unpaired) electrons. The summed E-state index contributed by atoms with van der Waals surface area (Å²) < 4.78 is 0. The van der Waals surface area contributed by atoms with Gasteiger partial charge in [-0.3, -0.25) is 0 Å². The Labute approximate surface area is 156 Å². The molecule has 2 aromatic rings. The molecule has 6 heteroatoms. The largest absolute Gasteiger partial charge is 0.323 e. The minimum absolute atomic E-state index is 0.0981. The van der Waals surface area contributed by atoms with Crippen LogP contribution in [0.3, 0.4) is 0 Å². The van der Waals surface area contributed by atoms with Crippen molar-refractivity contribution in [1.29, 1.82) is 0 Å². The number of hydrogen-bond donors (Lipinski definition) is 1. The van der Waals surface area contributed by atoms with Gasteiger partial charge in [-0.2, -0.15) is 0 Å². The molecule has 2 aromatic carbocycles. The molecule has 0 aromatic heterocycles. The number of anilines is 1. The number of carbonyl (C=O) groups excluding carboxylic acids is 1. The van der Waals surface area contributed by atoms with E-state index in [1.807, 2.05) is 49.1 Å². The van der Waals surface area contributed by atoms with Gasteiger partial charge in [0.15, 0.2) is 0 Å². The molecule has 1 saturated heterocycles. The Kier molecular flexibility index (Phi) is 5.28. The molecule has 0 bridgehead atoms. The minimum atomic E-state index is -0.103. The number of urea groups is 1.